The minimum absolute atomic E-state index is 0.0132. The van der Waals surface area contributed by atoms with Crippen LogP contribution in [0.15, 0.2) is 35.1 Å². The Hall–Kier alpha value is -1.81. The Morgan fingerprint density at radius 3 is 2.48 bits per heavy atom. The molecule has 0 saturated carbocycles. The van der Waals surface area contributed by atoms with Gasteiger partial charge in [0, 0.05) is 23.6 Å². The number of halogens is 4. The van der Waals surface area contributed by atoms with E-state index in [4.69, 9.17) is 4.74 Å². The van der Waals surface area contributed by atoms with Crippen LogP contribution in [-0.2, 0) is 10.0 Å². The Labute approximate surface area is 151 Å². The topological polar surface area (TPSA) is 68.3 Å². The number of sulfonamides is 1. The van der Waals surface area contributed by atoms with E-state index in [9.17, 15) is 21.6 Å². The standard InChI is InChI=1S/C15H14BrF3N2O3S/c1-9-5-10(21-25(2,22)23)3-4-11(9)12-6-20-7-13(16)14(12)24-8-15(17,18)19/h3-7,21H,8H2,1-2H3. The molecule has 0 bridgehead atoms. The van der Waals surface area contributed by atoms with Crippen molar-refractivity contribution in [2.45, 2.75) is 13.1 Å². The molecule has 0 saturated heterocycles. The lowest BCUT2D eigenvalue weighted by Gasteiger charge is -2.16. The molecule has 0 unspecified atom stereocenters. The summed E-state index contributed by atoms with van der Waals surface area (Å²) in [7, 11) is -3.43. The van der Waals surface area contributed by atoms with Gasteiger partial charge in [0.2, 0.25) is 10.0 Å². The first-order valence-electron chi connectivity index (χ1n) is 6.88. The summed E-state index contributed by atoms with van der Waals surface area (Å²) in [6, 6.07) is 4.68. The highest BCUT2D eigenvalue weighted by Crippen LogP contribution is 2.38. The van der Waals surface area contributed by atoms with Crippen molar-refractivity contribution in [3.05, 3.63) is 40.6 Å². The molecule has 0 aliphatic rings. The summed E-state index contributed by atoms with van der Waals surface area (Å²) in [6.45, 7) is 0.270. The summed E-state index contributed by atoms with van der Waals surface area (Å²) < 4.78 is 67.6. The van der Waals surface area contributed by atoms with Crippen LogP contribution in [0.4, 0.5) is 18.9 Å². The average Bonchev–Trinajstić information content (AvgIpc) is 2.43. The lowest BCUT2D eigenvalue weighted by Crippen LogP contribution is -2.19. The average molecular weight is 439 g/mol. The van der Waals surface area contributed by atoms with Crippen LogP contribution in [0, 0.1) is 6.92 Å². The Morgan fingerprint density at radius 1 is 1.24 bits per heavy atom. The highest BCUT2D eigenvalue weighted by atomic mass is 79.9. The first-order valence-corrected chi connectivity index (χ1v) is 9.56. The van der Waals surface area contributed by atoms with Crippen LogP contribution >= 0.6 is 15.9 Å². The third-order valence-corrected chi connectivity index (χ3v) is 4.22. The van der Waals surface area contributed by atoms with Crippen molar-refractivity contribution < 1.29 is 26.3 Å². The first kappa shape index (κ1) is 19.5. The molecule has 1 heterocycles. The summed E-state index contributed by atoms with van der Waals surface area (Å²) in [4.78, 5) is 3.97. The molecule has 10 heteroatoms. The maximum Gasteiger partial charge on any atom is 0.422 e. The van der Waals surface area contributed by atoms with Gasteiger partial charge in [-0.3, -0.25) is 9.71 Å². The van der Waals surface area contributed by atoms with Crippen LogP contribution < -0.4 is 9.46 Å². The van der Waals surface area contributed by atoms with Gasteiger partial charge < -0.3 is 4.74 Å². The molecule has 2 aromatic rings. The Bertz CT molecular complexity index is 886. The van der Waals surface area contributed by atoms with E-state index in [-0.39, 0.29) is 10.2 Å². The van der Waals surface area contributed by atoms with Gasteiger partial charge in [-0.05, 0) is 46.1 Å². The van der Waals surface area contributed by atoms with Gasteiger partial charge in [-0.15, -0.1) is 0 Å². The fraction of sp³-hybridized carbons (Fsp3) is 0.267. The van der Waals surface area contributed by atoms with Crippen molar-refractivity contribution in [3.8, 4) is 16.9 Å². The molecule has 1 N–H and O–H groups in total. The van der Waals surface area contributed by atoms with Gasteiger partial charge in [0.25, 0.3) is 0 Å². The van der Waals surface area contributed by atoms with Gasteiger partial charge in [-0.25, -0.2) is 8.42 Å². The van der Waals surface area contributed by atoms with E-state index in [0.717, 1.165) is 6.26 Å². The van der Waals surface area contributed by atoms with E-state index in [1.807, 2.05) is 0 Å². The molecule has 0 amide bonds. The Balaban J connectivity index is 2.43. The predicted molar refractivity (Wildman–Crippen MR) is 92.1 cm³/mol. The van der Waals surface area contributed by atoms with Crippen LogP contribution in [-0.4, -0.2) is 32.4 Å². The molecule has 136 valence electrons. The van der Waals surface area contributed by atoms with Gasteiger partial charge in [0.05, 0.1) is 10.7 Å². The second-order valence-corrected chi connectivity index (χ2v) is 7.91. The number of hydrogen-bond acceptors (Lipinski definition) is 4. The molecule has 0 spiro atoms. The monoisotopic (exact) mass is 438 g/mol. The molecular formula is C15H14BrF3N2O3S. The minimum Gasteiger partial charge on any atom is -0.482 e. The zero-order chi connectivity index (χ0) is 18.8. The molecule has 0 fully saturated rings. The number of hydrogen-bond donors (Lipinski definition) is 1. The SMILES string of the molecule is Cc1cc(NS(C)(=O)=O)ccc1-c1cncc(Br)c1OCC(F)(F)F. The van der Waals surface area contributed by atoms with Gasteiger partial charge in [-0.2, -0.15) is 13.2 Å². The smallest absolute Gasteiger partial charge is 0.422 e. The van der Waals surface area contributed by atoms with E-state index in [1.54, 1.807) is 19.1 Å². The van der Waals surface area contributed by atoms with Gasteiger partial charge in [-0.1, -0.05) is 6.07 Å². The molecule has 1 aromatic heterocycles. The first-order chi connectivity index (χ1) is 11.5. The van der Waals surface area contributed by atoms with Crippen molar-refractivity contribution in [1.82, 2.24) is 4.98 Å². The number of aromatic nitrogens is 1. The molecule has 0 aliphatic heterocycles. The normalized spacial score (nSPS) is 12.1. The second-order valence-electron chi connectivity index (χ2n) is 5.31. The zero-order valence-electron chi connectivity index (χ0n) is 13.2. The van der Waals surface area contributed by atoms with E-state index >= 15 is 0 Å². The van der Waals surface area contributed by atoms with E-state index in [0.29, 0.717) is 22.4 Å². The number of aryl methyl sites for hydroxylation is 1. The summed E-state index contributed by atoms with van der Waals surface area (Å²) in [5.74, 6) is 0.0132. The summed E-state index contributed by atoms with van der Waals surface area (Å²) in [6.07, 6.45) is -0.720. The van der Waals surface area contributed by atoms with Gasteiger partial charge in [0.15, 0.2) is 6.61 Å². The number of nitrogens with one attached hydrogen (secondary N) is 1. The van der Waals surface area contributed by atoms with Crippen molar-refractivity contribution in [1.29, 1.82) is 0 Å². The van der Waals surface area contributed by atoms with Crippen LogP contribution in [0.3, 0.4) is 0 Å². The van der Waals surface area contributed by atoms with Crippen molar-refractivity contribution in [2.24, 2.45) is 0 Å². The number of nitrogens with zero attached hydrogens (tertiary/aromatic N) is 1. The maximum absolute atomic E-state index is 12.5. The second kappa shape index (κ2) is 7.20. The van der Waals surface area contributed by atoms with Crippen LogP contribution in [0.5, 0.6) is 5.75 Å². The molecule has 25 heavy (non-hydrogen) atoms. The molecule has 0 atom stereocenters. The number of anilines is 1. The van der Waals surface area contributed by atoms with Crippen molar-refractivity contribution >= 4 is 31.6 Å². The highest BCUT2D eigenvalue weighted by Gasteiger charge is 2.29. The third-order valence-electron chi connectivity index (χ3n) is 3.05. The largest absolute Gasteiger partial charge is 0.482 e. The number of pyridine rings is 1. The predicted octanol–water partition coefficient (Wildman–Crippen LogP) is 4.13. The summed E-state index contributed by atoms with van der Waals surface area (Å²) in [5, 5.41) is 0. The molecule has 1 aromatic carbocycles. The van der Waals surface area contributed by atoms with Crippen molar-refractivity contribution in [2.75, 3.05) is 17.6 Å². The third kappa shape index (κ3) is 5.60. The quantitative estimate of drug-likeness (QED) is 0.761. The fourth-order valence-electron chi connectivity index (χ4n) is 2.16. The number of rotatable bonds is 5. The van der Waals surface area contributed by atoms with E-state index in [1.165, 1.54) is 18.5 Å². The zero-order valence-corrected chi connectivity index (χ0v) is 15.6. The number of alkyl halides is 3. The Morgan fingerprint density at radius 2 is 1.92 bits per heavy atom. The summed E-state index contributed by atoms with van der Waals surface area (Å²) in [5.41, 5.74) is 1.93. The maximum atomic E-state index is 12.5. The molecule has 5 nitrogen and oxygen atoms in total. The Kier molecular flexibility index (Phi) is 5.62. The number of benzene rings is 1. The molecular weight excluding hydrogens is 425 g/mol. The molecule has 2 rings (SSSR count). The fourth-order valence-corrected chi connectivity index (χ4v) is 3.16. The lowest BCUT2D eigenvalue weighted by molar-refractivity contribution is -0.153. The van der Waals surface area contributed by atoms with Crippen LogP contribution in [0.2, 0.25) is 0 Å². The van der Waals surface area contributed by atoms with E-state index in [2.05, 4.69) is 25.6 Å². The molecule has 0 radical (unpaired) electrons. The highest BCUT2D eigenvalue weighted by molar-refractivity contribution is 9.10. The van der Waals surface area contributed by atoms with Crippen LogP contribution in [0.25, 0.3) is 11.1 Å². The minimum atomic E-state index is -4.47. The number of ether oxygens (including phenoxy) is 1. The molecule has 0 aliphatic carbocycles. The van der Waals surface area contributed by atoms with Crippen molar-refractivity contribution in [3.63, 3.8) is 0 Å². The van der Waals surface area contributed by atoms with Gasteiger partial charge >= 0.3 is 6.18 Å². The van der Waals surface area contributed by atoms with E-state index < -0.39 is 22.8 Å². The van der Waals surface area contributed by atoms with Gasteiger partial charge in [0.1, 0.15) is 5.75 Å². The van der Waals surface area contributed by atoms with Crippen LogP contribution in [0.1, 0.15) is 5.56 Å². The lowest BCUT2D eigenvalue weighted by atomic mass is 10.0. The summed E-state index contributed by atoms with van der Waals surface area (Å²) >= 11 is 3.14.